The van der Waals surface area contributed by atoms with Gasteiger partial charge < -0.3 is 9.64 Å². The molecule has 0 aromatic carbocycles. The number of halogens is 3. The molecular formula is C17H20F3NO2. The fourth-order valence-corrected chi connectivity index (χ4v) is 2.18. The Morgan fingerprint density at radius 2 is 2.04 bits per heavy atom. The predicted molar refractivity (Wildman–Crippen MR) is 82.3 cm³/mol. The van der Waals surface area contributed by atoms with Crippen molar-refractivity contribution in [3.8, 4) is 12.3 Å². The van der Waals surface area contributed by atoms with Crippen LogP contribution in [0.3, 0.4) is 0 Å². The molecule has 1 aliphatic heterocycles. The number of piperidine rings is 1. The summed E-state index contributed by atoms with van der Waals surface area (Å²) in [6, 6.07) is 0. The quantitative estimate of drug-likeness (QED) is 0.434. The maximum absolute atomic E-state index is 12.5. The average Bonchev–Trinajstić information content (AvgIpc) is 2.47. The maximum atomic E-state index is 12.5. The number of amides is 1. The van der Waals surface area contributed by atoms with Gasteiger partial charge in [0.2, 0.25) is 0 Å². The number of carbonyl (C=O) groups is 1. The summed E-state index contributed by atoms with van der Waals surface area (Å²) in [7, 11) is 0. The van der Waals surface area contributed by atoms with Crippen LogP contribution in [0.5, 0.6) is 0 Å². The topological polar surface area (TPSA) is 29.5 Å². The summed E-state index contributed by atoms with van der Waals surface area (Å²) < 4.78 is 42.6. The molecule has 0 aliphatic carbocycles. The van der Waals surface area contributed by atoms with Crippen molar-refractivity contribution in [1.29, 1.82) is 0 Å². The molecule has 3 nitrogen and oxygen atoms in total. The van der Waals surface area contributed by atoms with Crippen LogP contribution in [0, 0.1) is 18.3 Å². The molecule has 0 aromatic rings. The van der Waals surface area contributed by atoms with Crippen molar-refractivity contribution in [2.24, 2.45) is 5.92 Å². The number of ether oxygens (including phenoxy) is 1. The summed E-state index contributed by atoms with van der Waals surface area (Å²) in [4.78, 5) is 13.5. The Morgan fingerprint density at radius 1 is 1.43 bits per heavy atom. The van der Waals surface area contributed by atoms with Gasteiger partial charge in [-0.3, -0.25) is 0 Å². The molecule has 6 heteroatoms. The molecule has 126 valence electrons. The highest BCUT2D eigenvalue weighted by molar-refractivity contribution is 5.69. The molecular weight excluding hydrogens is 307 g/mol. The number of likely N-dealkylation sites (tertiary alicyclic amines) is 1. The standard InChI is InChI=1S/C17H20F3NO2/c1-4-6-14-8-10-21(11-9-14)16(22)23-15(7-5-2)12-13(3)17(18,19)20/h1,5,7,12,14H,3,6,8-11H2,2H3/b7-5-,15-12+. The van der Waals surface area contributed by atoms with Gasteiger partial charge in [0.05, 0.1) is 5.57 Å². The molecule has 0 bridgehead atoms. The minimum absolute atomic E-state index is 0.189. The highest BCUT2D eigenvalue weighted by Gasteiger charge is 2.31. The van der Waals surface area contributed by atoms with E-state index in [2.05, 4.69) is 12.5 Å². The fraction of sp³-hybridized carbons (Fsp3) is 0.471. The number of nitrogens with zero attached hydrogens (tertiary/aromatic N) is 1. The van der Waals surface area contributed by atoms with Gasteiger partial charge in [-0.15, -0.1) is 12.3 Å². The number of rotatable bonds is 4. The van der Waals surface area contributed by atoms with Crippen molar-refractivity contribution in [2.75, 3.05) is 13.1 Å². The lowest BCUT2D eigenvalue weighted by molar-refractivity contribution is -0.0880. The third-order valence-electron chi connectivity index (χ3n) is 3.50. The Hall–Kier alpha value is -2.16. The zero-order valence-corrected chi connectivity index (χ0v) is 13.0. The second kappa shape index (κ2) is 8.47. The number of hydrogen-bond donors (Lipinski definition) is 0. The third-order valence-corrected chi connectivity index (χ3v) is 3.50. The second-order valence-electron chi connectivity index (χ2n) is 5.28. The zero-order chi connectivity index (χ0) is 17.5. The second-order valence-corrected chi connectivity index (χ2v) is 5.28. The van der Waals surface area contributed by atoms with Crippen molar-refractivity contribution < 1.29 is 22.7 Å². The Morgan fingerprint density at radius 3 is 2.52 bits per heavy atom. The van der Waals surface area contributed by atoms with Gasteiger partial charge in [-0.25, -0.2) is 4.79 Å². The predicted octanol–water partition coefficient (Wildman–Crippen LogP) is 4.44. The highest BCUT2D eigenvalue weighted by atomic mass is 19.4. The Balaban J connectivity index is 2.68. The molecule has 1 amide bonds. The first-order valence-corrected chi connectivity index (χ1v) is 7.28. The lowest BCUT2D eigenvalue weighted by Gasteiger charge is -2.30. The minimum atomic E-state index is -4.56. The van der Waals surface area contributed by atoms with E-state index in [1.54, 1.807) is 6.92 Å². The molecule has 1 saturated heterocycles. The number of hydrogen-bond acceptors (Lipinski definition) is 2. The van der Waals surface area contributed by atoms with Crippen LogP contribution in [0.4, 0.5) is 18.0 Å². The largest absolute Gasteiger partial charge is 0.415 e. The molecule has 0 atom stereocenters. The molecule has 1 aliphatic rings. The molecule has 0 saturated carbocycles. The van der Waals surface area contributed by atoms with Gasteiger partial charge >= 0.3 is 12.3 Å². The summed E-state index contributed by atoms with van der Waals surface area (Å²) >= 11 is 0. The molecule has 0 radical (unpaired) electrons. The van der Waals surface area contributed by atoms with Crippen LogP contribution in [0.15, 0.2) is 36.1 Å². The first kappa shape index (κ1) is 18.9. The summed E-state index contributed by atoms with van der Waals surface area (Å²) in [5, 5.41) is 0. The van der Waals surface area contributed by atoms with E-state index in [1.165, 1.54) is 17.1 Å². The average molecular weight is 327 g/mol. The highest BCUT2D eigenvalue weighted by Crippen LogP contribution is 2.27. The third kappa shape index (κ3) is 6.23. The van der Waals surface area contributed by atoms with E-state index in [4.69, 9.17) is 11.2 Å². The Kier molecular flexibility index (Phi) is 6.95. The van der Waals surface area contributed by atoms with Crippen LogP contribution >= 0.6 is 0 Å². The smallest absolute Gasteiger partial charge is 0.410 e. The summed E-state index contributed by atoms with van der Waals surface area (Å²) in [6.07, 6.45) is 5.72. The van der Waals surface area contributed by atoms with E-state index in [0.29, 0.717) is 31.5 Å². The summed E-state index contributed by atoms with van der Waals surface area (Å²) in [5.74, 6) is 2.78. The van der Waals surface area contributed by atoms with Crippen LogP contribution in [0.2, 0.25) is 0 Å². The van der Waals surface area contributed by atoms with Gasteiger partial charge in [0.25, 0.3) is 0 Å². The SMILES string of the molecule is C#CCC1CCN(C(=O)OC(/C=C\C)=C/C(=C)C(F)(F)F)CC1. The van der Waals surface area contributed by atoms with E-state index in [9.17, 15) is 18.0 Å². The molecule has 23 heavy (non-hydrogen) atoms. The number of alkyl halides is 3. The van der Waals surface area contributed by atoms with Crippen LogP contribution in [-0.2, 0) is 4.74 Å². The molecule has 1 rings (SSSR count). The van der Waals surface area contributed by atoms with Gasteiger partial charge in [-0.2, -0.15) is 13.2 Å². The van der Waals surface area contributed by atoms with E-state index in [0.717, 1.165) is 12.8 Å². The van der Waals surface area contributed by atoms with Gasteiger partial charge in [-0.1, -0.05) is 12.7 Å². The van der Waals surface area contributed by atoms with Gasteiger partial charge in [-0.05, 0) is 37.8 Å². The van der Waals surface area contributed by atoms with Crippen LogP contribution < -0.4 is 0 Å². The first-order chi connectivity index (χ1) is 10.8. The van der Waals surface area contributed by atoms with Gasteiger partial charge in [0.1, 0.15) is 5.76 Å². The van der Waals surface area contributed by atoms with E-state index >= 15 is 0 Å². The number of terminal acetylenes is 1. The van der Waals surface area contributed by atoms with Gasteiger partial charge in [0, 0.05) is 19.5 Å². The molecule has 0 unspecified atom stereocenters. The maximum Gasteiger partial charge on any atom is 0.415 e. The van der Waals surface area contributed by atoms with Crippen molar-refractivity contribution >= 4 is 6.09 Å². The van der Waals surface area contributed by atoms with Crippen molar-refractivity contribution in [3.05, 3.63) is 36.1 Å². The van der Waals surface area contributed by atoms with Crippen molar-refractivity contribution in [1.82, 2.24) is 4.90 Å². The Labute approximate surface area is 134 Å². The first-order valence-electron chi connectivity index (χ1n) is 7.28. The molecule has 1 heterocycles. The van der Waals surface area contributed by atoms with Crippen LogP contribution in [0.1, 0.15) is 26.2 Å². The van der Waals surface area contributed by atoms with E-state index < -0.39 is 17.8 Å². The lowest BCUT2D eigenvalue weighted by atomic mass is 9.94. The lowest BCUT2D eigenvalue weighted by Crippen LogP contribution is -2.38. The fourth-order valence-electron chi connectivity index (χ4n) is 2.18. The van der Waals surface area contributed by atoms with Gasteiger partial charge in [0.15, 0.2) is 0 Å². The molecule has 1 fully saturated rings. The van der Waals surface area contributed by atoms with Crippen LogP contribution in [-0.4, -0.2) is 30.3 Å². The molecule has 0 spiro atoms. The van der Waals surface area contributed by atoms with E-state index in [1.807, 2.05) is 0 Å². The van der Waals surface area contributed by atoms with E-state index in [-0.39, 0.29) is 5.76 Å². The normalized spacial score (nSPS) is 17.2. The molecule has 0 N–H and O–H groups in total. The number of carbonyl (C=O) groups excluding carboxylic acids is 1. The van der Waals surface area contributed by atoms with Crippen LogP contribution in [0.25, 0.3) is 0 Å². The summed E-state index contributed by atoms with van der Waals surface area (Å²) in [6.45, 7) is 5.52. The Bertz CT molecular complexity index is 533. The minimum Gasteiger partial charge on any atom is -0.410 e. The molecule has 0 aromatic heterocycles. The summed E-state index contributed by atoms with van der Waals surface area (Å²) in [5.41, 5.74) is -1.08. The monoisotopic (exact) mass is 327 g/mol. The van der Waals surface area contributed by atoms with Crippen molar-refractivity contribution in [2.45, 2.75) is 32.4 Å². The zero-order valence-electron chi connectivity index (χ0n) is 13.0. The number of allylic oxidation sites excluding steroid dienone is 4. The van der Waals surface area contributed by atoms with Crippen molar-refractivity contribution in [3.63, 3.8) is 0 Å².